The van der Waals surface area contributed by atoms with Gasteiger partial charge in [-0.25, -0.2) is 0 Å². The molecule has 0 radical (unpaired) electrons. The van der Waals surface area contributed by atoms with E-state index >= 15 is 0 Å². The van der Waals surface area contributed by atoms with E-state index in [1.54, 1.807) is 0 Å². The van der Waals surface area contributed by atoms with Crippen molar-refractivity contribution in [1.29, 1.82) is 0 Å². The van der Waals surface area contributed by atoms with Gasteiger partial charge < -0.3 is 10.2 Å². The molecule has 1 aromatic rings. The van der Waals surface area contributed by atoms with Crippen molar-refractivity contribution < 1.29 is 0 Å². The molecule has 2 saturated heterocycles. The molecule has 2 heterocycles. The average molecular weight is 244 g/mol. The SMILES string of the molecule is CC(C)(C)c1ccc(N2CC3CNCC3C2)cc1. The summed E-state index contributed by atoms with van der Waals surface area (Å²) in [4.78, 5) is 2.56. The van der Waals surface area contributed by atoms with E-state index in [1.807, 2.05) is 0 Å². The van der Waals surface area contributed by atoms with Crippen LogP contribution in [0.4, 0.5) is 5.69 Å². The summed E-state index contributed by atoms with van der Waals surface area (Å²) >= 11 is 0. The predicted octanol–water partition coefficient (Wildman–Crippen LogP) is 2.64. The van der Waals surface area contributed by atoms with Crippen LogP contribution in [0, 0.1) is 11.8 Å². The first-order chi connectivity index (χ1) is 8.54. The molecule has 2 aliphatic heterocycles. The molecular weight excluding hydrogens is 220 g/mol. The fourth-order valence-electron chi connectivity index (χ4n) is 3.24. The average Bonchev–Trinajstić information content (AvgIpc) is 2.88. The van der Waals surface area contributed by atoms with Crippen molar-refractivity contribution in [2.24, 2.45) is 11.8 Å². The summed E-state index contributed by atoms with van der Waals surface area (Å²) in [5.74, 6) is 1.74. The zero-order chi connectivity index (χ0) is 12.8. The van der Waals surface area contributed by atoms with Gasteiger partial charge in [-0.05, 0) is 34.9 Å². The second-order valence-electron chi connectivity index (χ2n) is 6.88. The van der Waals surface area contributed by atoms with E-state index in [9.17, 15) is 0 Å². The van der Waals surface area contributed by atoms with E-state index in [1.165, 1.54) is 37.4 Å². The Hall–Kier alpha value is -1.02. The lowest BCUT2D eigenvalue weighted by Crippen LogP contribution is -2.25. The Bertz CT molecular complexity index is 404. The van der Waals surface area contributed by atoms with Crippen LogP contribution in [0.2, 0.25) is 0 Å². The third-order valence-electron chi connectivity index (χ3n) is 4.49. The third kappa shape index (κ3) is 2.14. The molecule has 18 heavy (non-hydrogen) atoms. The first-order valence-electron chi connectivity index (χ1n) is 7.10. The molecule has 2 unspecified atom stereocenters. The first-order valence-corrected chi connectivity index (χ1v) is 7.10. The Labute approximate surface area is 110 Å². The maximum atomic E-state index is 3.50. The molecule has 2 nitrogen and oxygen atoms in total. The van der Waals surface area contributed by atoms with Crippen molar-refractivity contribution in [2.45, 2.75) is 26.2 Å². The Kier molecular flexibility index (Phi) is 2.86. The van der Waals surface area contributed by atoms with E-state index in [-0.39, 0.29) is 5.41 Å². The molecule has 2 heteroatoms. The number of hydrogen-bond donors (Lipinski definition) is 1. The van der Waals surface area contributed by atoms with E-state index in [0.717, 1.165) is 11.8 Å². The zero-order valence-electron chi connectivity index (χ0n) is 11.7. The van der Waals surface area contributed by atoms with Crippen LogP contribution in [0.3, 0.4) is 0 Å². The minimum absolute atomic E-state index is 0.254. The topological polar surface area (TPSA) is 15.3 Å². The van der Waals surface area contributed by atoms with Crippen LogP contribution in [-0.2, 0) is 5.41 Å². The van der Waals surface area contributed by atoms with E-state index in [2.05, 4.69) is 55.3 Å². The molecule has 0 bridgehead atoms. The summed E-state index contributed by atoms with van der Waals surface area (Å²) in [6.07, 6.45) is 0. The molecule has 0 aliphatic carbocycles. The van der Waals surface area contributed by atoms with Gasteiger partial charge in [0.15, 0.2) is 0 Å². The summed E-state index contributed by atoms with van der Waals surface area (Å²) < 4.78 is 0. The lowest BCUT2D eigenvalue weighted by molar-refractivity contribution is 0.533. The highest BCUT2D eigenvalue weighted by molar-refractivity contribution is 5.49. The minimum atomic E-state index is 0.254. The monoisotopic (exact) mass is 244 g/mol. The van der Waals surface area contributed by atoms with Gasteiger partial charge in [0.2, 0.25) is 0 Å². The fourth-order valence-corrected chi connectivity index (χ4v) is 3.24. The fraction of sp³-hybridized carbons (Fsp3) is 0.625. The van der Waals surface area contributed by atoms with Crippen LogP contribution in [0.1, 0.15) is 26.3 Å². The highest BCUT2D eigenvalue weighted by Gasteiger charge is 2.36. The second-order valence-corrected chi connectivity index (χ2v) is 6.88. The summed E-state index contributed by atoms with van der Waals surface area (Å²) in [5, 5.41) is 3.50. The van der Waals surface area contributed by atoms with Gasteiger partial charge in [0.1, 0.15) is 0 Å². The number of nitrogens with zero attached hydrogens (tertiary/aromatic N) is 1. The molecule has 0 saturated carbocycles. The number of benzene rings is 1. The highest BCUT2D eigenvalue weighted by atomic mass is 15.2. The highest BCUT2D eigenvalue weighted by Crippen LogP contribution is 2.31. The standard InChI is InChI=1S/C16H24N2/c1-16(2,3)14-4-6-15(7-5-14)18-10-12-8-17-9-13(12)11-18/h4-7,12-13,17H,8-11H2,1-3H3. The van der Waals surface area contributed by atoms with Crippen molar-refractivity contribution in [2.75, 3.05) is 31.1 Å². The second kappa shape index (κ2) is 4.27. The van der Waals surface area contributed by atoms with Gasteiger partial charge in [-0.15, -0.1) is 0 Å². The minimum Gasteiger partial charge on any atom is -0.371 e. The number of fused-ring (bicyclic) bond motifs is 1. The van der Waals surface area contributed by atoms with Gasteiger partial charge in [-0.1, -0.05) is 32.9 Å². The predicted molar refractivity (Wildman–Crippen MR) is 77.2 cm³/mol. The molecule has 2 fully saturated rings. The lowest BCUT2D eigenvalue weighted by Gasteiger charge is -2.23. The Balaban J connectivity index is 1.74. The van der Waals surface area contributed by atoms with Crippen molar-refractivity contribution >= 4 is 5.69 Å². The Morgan fingerprint density at radius 1 is 1.00 bits per heavy atom. The smallest absolute Gasteiger partial charge is 0.0366 e. The molecule has 2 aliphatic rings. The van der Waals surface area contributed by atoms with Crippen LogP contribution < -0.4 is 10.2 Å². The van der Waals surface area contributed by atoms with Crippen LogP contribution in [0.15, 0.2) is 24.3 Å². The van der Waals surface area contributed by atoms with Crippen LogP contribution >= 0.6 is 0 Å². The number of nitrogens with one attached hydrogen (secondary N) is 1. The molecule has 3 rings (SSSR count). The quantitative estimate of drug-likeness (QED) is 0.817. The summed E-state index contributed by atoms with van der Waals surface area (Å²) in [7, 11) is 0. The summed E-state index contributed by atoms with van der Waals surface area (Å²) in [5.41, 5.74) is 3.08. The summed E-state index contributed by atoms with van der Waals surface area (Å²) in [6.45, 7) is 11.7. The molecule has 1 N–H and O–H groups in total. The summed E-state index contributed by atoms with van der Waals surface area (Å²) in [6, 6.07) is 9.19. The van der Waals surface area contributed by atoms with Gasteiger partial charge in [-0.3, -0.25) is 0 Å². The maximum Gasteiger partial charge on any atom is 0.0366 e. The molecule has 0 amide bonds. The van der Waals surface area contributed by atoms with E-state index < -0.39 is 0 Å². The van der Waals surface area contributed by atoms with Gasteiger partial charge >= 0.3 is 0 Å². The lowest BCUT2D eigenvalue weighted by atomic mass is 9.87. The van der Waals surface area contributed by atoms with Crippen LogP contribution in [-0.4, -0.2) is 26.2 Å². The molecule has 0 spiro atoms. The van der Waals surface area contributed by atoms with Gasteiger partial charge in [0.05, 0.1) is 0 Å². The van der Waals surface area contributed by atoms with Crippen molar-refractivity contribution in [3.8, 4) is 0 Å². The van der Waals surface area contributed by atoms with Crippen molar-refractivity contribution in [3.05, 3.63) is 29.8 Å². The Morgan fingerprint density at radius 3 is 2.06 bits per heavy atom. The largest absolute Gasteiger partial charge is 0.371 e. The number of hydrogen-bond acceptors (Lipinski definition) is 2. The van der Waals surface area contributed by atoms with Crippen LogP contribution in [0.25, 0.3) is 0 Å². The van der Waals surface area contributed by atoms with Crippen molar-refractivity contribution in [1.82, 2.24) is 5.32 Å². The molecule has 98 valence electrons. The number of anilines is 1. The Morgan fingerprint density at radius 2 is 1.56 bits per heavy atom. The van der Waals surface area contributed by atoms with E-state index in [4.69, 9.17) is 0 Å². The number of rotatable bonds is 1. The molecule has 2 atom stereocenters. The molecule has 1 aromatic carbocycles. The van der Waals surface area contributed by atoms with Crippen LogP contribution in [0.5, 0.6) is 0 Å². The van der Waals surface area contributed by atoms with Crippen molar-refractivity contribution in [3.63, 3.8) is 0 Å². The van der Waals surface area contributed by atoms with E-state index in [0.29, 0.717) is 0 Å². The molecule has 0 aromatic heterocycles. The first kappa shape index (κ1) is 12.0. The maximum absolute atomic E-state index is 3.50. The van der Waals surface area contributed by atoms with Gasteiger partial charge in [0, 0.05) is 31.9 Å². The zero-order valence-corrected chi connectivity index (χ0v) is 11.7. The van der Waals surface area contributed by atoms with Gasteiger partial charge in [0.25, 0.3) is 0 Å². The van der Waals surface area contributed by atoms with Gasteiger partial charge in [-0.2, -0.15) is 0 Å². The normalized spacial score (nSPS) is 27.6. The third-order valence-corrected chi connectivity index (χ3v) is 4.49. The molecular formula is C16H24N2.